The Kier molecular flexibility index (Phi) is 1.83. The summed E-state index contributed by atoms with van der Waals surface area (Å²) in [7, 11) is 1.61. The van der Waals surface area contributed by atoms with Crippen molar-refractivity contribution in [3.05, 3.63) is 0 Å². The first-order valence-electron chi connectivity index (χ1n) is 5.00. The quantitative estimate of drug-likeness (QED) is 0.677. The zero-order chi connectivity index (χ0) is 10.3. The highest BCUT2D eigenvalue weighted by molar-refractivity contribution is 5.10. The second kappa shape index (κ2) is 2.92. The molecule has 0 aliphatic carbocycles. The summed E-state index contributed by atoms with van der Waals surface area (Å²) in [6.45, 7) is 4.26. The standard InChI is InChI=1S/C9H16O4/c1-5-7-8(10)9(13-5,4-11-3)6(2)12-7/h5-8,10H,4H2,1-3H3/t5-,6?,7-,8-,9-/m0/s1/i10T. The lowest BCUT2D eigenvalue weighted by atomic mass is 9.94. The molecule has 0 aromatic carbocycles. The van der Waals surface area contributed by atoms with E-state index in [1.54, 1.807) is 7.11 Å². The lowest BCUT2D eigenvalue weighted by Gasteiger charge is -2.34. The zero-order valence-electron chi connectivity index (χ0n) is 9.15. The largest absolute Gasteiger partial charge is 0.387 e. The molecule has 76 valence electrons. The predicted molar refractivity (Wildman–Crippen MR) is 45.5 cm³/mol. The van der Waals surface area contributed by atoms with Crippen LogP contribution in [0.1, 0.15) is 13.8 Å². The predicted octanol–water partition coefficient (Wildman–Crippen LogP) is -0.0615. The molecule has 13 heavy (non-hydrogen) atoms. The lowest BCUT2D eigenvalue weighted by molar-refractivity contribution is -0.193. The fourth-order valence-corrected chi connectivity index (χ4v) is 2.32. The first kappa shape index (κ1) is 8.17. The number of fused-ring (bicyclic) bond motifs is 2. The van der Waals surface area contributed by atoms with Crippen LogP contribution in [0.3, 0.4) is 0 Å². The van der Waals surface area contributed by atoms with E-state index in [9.17, 15) is 0 Å². The number of hydrogen-bond acceptors (Lipinski definition) is 4. The maximum Gasteiger partial charge on any atom is 0.211 e. The fourth-order valence-electron chi connectivity index (χ4n) is 2.32. The van der Waals surface area contributed by atoms with E-state index >= 15 is 0 Å². The van der Waals surface area contributed by atoms with Gasteiger partial charge >= 0.3 is 0 Å². The van der Waals surface area contributed by atoms with Crippen LogP contribution >= 0.6 is 0 Å². The van der Waals surface area contributed by atoms with Crippen molar-refractivity contribution in [2.45, 2.75) is 43.9 Å². The molecule has 0 aromatic rings. The second-order valence-electron chi connectivity index (χ2n) is 3.87. The highest BCUT2D eigenvalue weighted by Crippen LogP contribution is 2.44. The van der Waals surface area contributed by atoms with Gasteiger partial charge < -0.3 is 19.3 Å². The Hall–Kier alpha value is -0.160. The molecule has 4 heteroatoms. The van der Waals surface area contributed by atoms with Gasteiger partial charge in [-0.05, 0) is 13.8 Å². The third-order valence-corrected chi connectivity index (χ3v) is 3.07. The van der Waals surface area contributed by atoms with Crippen molar-refractivity contribution in [3.63, 3.8) is 0 Å². The number of aliphatic hydroxyl groups excluding tert-OH is 1. The molecule has 2 aliphatic heterocycles. The maximum absolute atomic E-state index is 7.07. The van der Waals surface area contributed by atoms with Crippen molar-refractivity contribution in [1.82, 2.24) is 0 Å². The number of rotatable bonds is 3. The fraction of sp³-hybridized carbons (Fsp3) is 1.00. The molecular formula is C9H16O4. The summed E-state index contributed by atoms with van der Waals surface area (Å²) < 4.78 is 23.7. The minimum absolute atomic E-state index is 0.0308. The van der Waals surface area contributed by atoms with Crippen molar-refractivity contribution in [1.29, 1.82) is 1.43 Å². The Labute approximate surface area is 79.3 Å². The second-order valence-corrected chi connectivity index (χ2v) is 3.87. The lowest BCUT2D eigenvalue weighted by Crippen LogP contribution is -2.50. The Morgan fingerprint density at radius 3 is 3.00 bits per heavy atom. The van der Waals surface area contributed by atoms with Crippen molar-refractivity contribution < 1.29 is 19.3 Å². The van der Waals surface area contributed by atoms with Gasteiger partial charge in [-0.25, -0.2) is 0 Å². The Morgan fingerprint density at radius 1 is 1.62 bits per heavy atom. The van der Waals surface area contributed by atoms with Crippen LogP contribution in [0.5, 0.6) is 0 Å². The van der Waals surface area contributed by atoms with Gasteiger partial charge in [-0.1, -0.05) is 0 Å². The van der Waals surface area contributed by atoms with Gasteiger partial charge in [0, 0.05) is 7.11 Å². The third-order valence-electron chi connectivity index (χ3n) is 3.07. The summed E-state index contributed by atoms with van der Waals surface area (Å²) in [5, 5.41) is 4.71. The molecule has 2 heterocycles. The molecule has 2 aliphatic rings. The SMILES string of the molecule is [3H]O[C@H]1[C@H]2OC(C)[C@]1(COC)O[C@H]2C. The first-order chi connectivity index (χ1) is 6.65. The van der Waals surface area contributed by atoms with Crippen LogP contribution < -0.4 is 0 Å². The topological polar surface area (TPSA) is 47.9 Å². The smallest absolute Gasteiger partial charge is 0.211 e. The van der Waals surface area contributed by atoms with Crippen LogP contribution in [-0.2, 0) is 14.2 Å². The number of hydrogen-bond donors (Lipinski definition) is 1. The van der Waals surface area contributed by atoms with Crippen molar-refractivity contribution in [2.75, 3.05) is 13.7 Å². The van der Waals surface area contributed by atoms with Gasteiger partial charge in [0.1, 0.15) is 17.8 Å². The summed E-state index contributed by atoms with van der Waals surface area (Å²) >= 11 is 0. The van der Waals surface area contributed by atoms with E-state index in [1.165, 1.54) is 0 Å². The van der Waals surface area contributed by atoms with Crippen LogP contribution in [0.4, 0.5) is 0 Å². The van der Waals surface area contributed by atoms with E-state index < -0.39 is 5.60 Å². The average Bonchev–Trinajstić information content (AvgIpc) is 2.54. The summed E-state index contributed by atoms with van der Waals surface area (Å²) in [5.74, 6) is 0. The molecular weight excluding hydrogens is 172 g/mol. The molecule has 5 atom stereocenters. The highest BCUT2D eigenvalue weighted by atomic mass is 16.7. The zero-order valence-corrected chi connectivity index (χ0v) is 8.15. The molecule has 2 saturated heterocycles. The molecule has 2 rings (SSSR count). The van der Waals surface area contributed by atoms with Crippen LogP contribution in [0.15, 0.2) is 0 Å². The first-order valence-corrected chi connectivity index (χ1v) is 4.60. The third kappa shape index (κ3) is 1.06. The number of ether oxygens (including phenoxy) is 3. The minimum Gasteiger partial charge on any atom is -0.387 e. The summed E-state index contributed by atoms with van der Waals surface area (Å²) in [5.41, 5.74) is -0.597. The van der Waals surface area contributed by atoms with Gasteiger partial charge in [0.25, 0.3) is 0 Å². The van der Waals surface area contributed by atoms with Crippen molar-refractivity contribution in [2.24, 2.45) is 0 Å². The molecule has 4 nitrogen and oxygen atoms in total. The van der Waals surface area contributed by atoms with Gasteiger partial charge in [0.2, 0.25) is 1.43 Å². The Morgan fingerprint density at radius 2 is 2.38 bits per heavy atom. The normalized spacial score (nSPS) is 55.5. The van der Waals surface area contributed by atoms with Crippen LogP contribution in [-0.4, -0.2) is 50.3 Å². The van der Waals surface area contributed by atoms with Crippen LogP contribution in [0.25, 0.3) is 0 Å². The monoisotopic (exact) mass is 190 g/mol. The number of aliphatic hydroxyl groups is 1. The molecule has 0 radical (unpaired) electrons. The number of methoxy groups -OCH3 is 1. The molecule has 1 N–H and O–H groups in total. The summed E-state index contributed by atoms with van der Waals surface area (Å²) in [6.07, 6.45) is -0.596. The molecule has 0 aromatic heterocycles. The summed E-state index contributed by atoms with van der Waals surface area (Å²) in [4.78, 5) is 0. The van der Waals surface area contributed by atoms with Gasteiger partial charge in [-0.2, -0.15) is 0 Å². The molecule has 0 saturated carbocycles. The van der Waals surface area contributed by atoms with E-state index in [0.29, 0.717) is 6.61 Å². The maximum atomic E-state index is 7.07. The van der Waals surface area contributed by atoms with E-state index in [1.807, 2.05) is 13.8 Å². The Bertz CT molecular complexity index is 225. The summed E-state index contributed by atoms with van der Waals surface area (Å²) in [6, 6.07) is 0. The molecule has 0 spiro atoms. The van der Waals surface area contributed by atoms with E-state index in [0.717, 1.165) is 0 Å². The highest BCUT2D eigenvalue weighted by Gasteiger charge is 2.63. The van der Waals surface area contributed by atoms with Gasteiger partial charge in [-0.3, -0.25) is 0 Å². The van der Waals surface area contributed by atoms with E-state index in [2.05, 4.69) is 0 Å². The molecule has 2 bridgehead atoms. The van der Waals surface area contributed by atoms with Crippen molar-refractivity contribution in [3.8, 4) is 0 Å². The molecule has 1 unspecified atom stereocenters. The molecule has 0 amide bonds. The van der Waals surface area contributed by atoms with E-state index in [-0.39, 0.29) is 24.4 Å². The van der Waals surface area contributed by atoms with E-state index in [4.69, 9.17) is 20.8 Å². The molecule has 2 fully saturated rings. The van der Waals surface area contributed by atoms with Crippen molar-refractivity contribution >= 4 is 0 Å². The van der Waals surface area contributed by atoms with Crippen LogP contribution in [0.2, 0.25) is 0 Å². The van der Waals surface area contributed by atoms with Gasteiger partial charge in [0.15, 0.2) is 0 Å². The average molecular weight is 190 g/mol. The van der Waals surface area contributed by atoms with Crippen LogP contribution in [0, 0.1) is 0 Å². The Balaban J connectivity index is 2.25. The van der Waals surface area contributed by atoms with Gasteiger partial charge in [0.05, 0.1) is 18.8 Å². The van der Waals surface area contributed by atoms with Gasteiger partial charge in [-0.15, -0.1) is 0 Å². The minimum atomic E-state index is -0.597.